The average molecular weight is 327 g/mol. The van der Waals surface area contributed by atoms with E-state index in [-0.39, 0.29) is 12.0 Å². The number of pyridine rings is 1. The number of ether oxygens (including phenoxy) is 1. The second kappa shape index (κ2) is 7.48. The molecule has 1 aliphatic rings. The maximum Gasteiger partial charge on any atom is 0.222 e. The van der Waals surface area contributed by atoms with Gasteiger partial charge in [-0.15, -0.1) is 0 Å². The molecule has 104 valence electrons. The molecule has 19 heavy (non-hydrogen) atoms. The van der Waals surface area contributed by atoms with E-state index >= 15 is 0 Å². The third kappa shape index (κ3) is 4.49. The molecule has 0 unspecified atom stereocenters. The van der Waals surface area contributed by atoms with Crippen molar-refractivity contribution < 1.29 is 9.53 Å². The minimum atomic E-state index is 0.199. The van der Waals surface area contributed by atoms with Crippen LogP contribution in [0.25, 0.3) is 0 Å². The number of carbonyl (C=O) groups excluding carboxylic acids is 1. The fraction of sp³-hybridized carbons (Fsp3) is 0.571. The minimum absolute atomic E-state index is 0.199. The Morgan fingerprint density at radius 3 is 2.89 bits per heavy atom. The van der Waals surface area contributed by atoms with E-state index < -0.39 is 0 Å². The van der Waals surface area contributed by atoms with Crippen molar-refractivity contribution in [3.05, 3.63) is 24.5 Å². The van der Waals surface area contributed by atoms with E-state index in [1.807, 2.05) is 17.0 Å². The summed E-state index contributed by atoms with van der Waals surface area (Å²) in [5.41, 5.74) is 0. The maximum atomic E-state index is 11.9. The molecular weight excluding hydrogens is 308 g/mol. The molecule has 0 spiro atoms. The highest BCUT2D eigenvalue weighted by Gasteiger charge is 2.23. The fourth-order valence-corrected chi connectivity index (χ4v) is 2.49. The Morgan fingerprint density at radius 1 is 1.47 bits per heavy atom. The molecule has 1 aliphatic heterocycles. The second-order valence-corrected chi connectivity index (χ2v) is 5.47. The van der Waals surface area contributed by atoms with Crippen molar-refractivity contribution in [1.82, 2.24) is 9.88 Å². The summed E-state index contributed by atoms with van der Waals surface area (Å²) in [5.74, 6) is 1.07. The lowest BCUT2D eigenvalue weighted by molar-refractivity contribution is -0.133. The zero-order valence-corrected chi connectivity index (χ0v) is 12.5. The predicted octanol–water partition coefficient (Wildman–Crippen LogP) is 2.63. The molecule has 0 aliphatic carbocycles. The molecule has 1 aromatic rings. The number of nitrogens with zero attached hydrogens (tertiary/aromatic N) is 2. The molecule has 1 amide bonds. The summed E-state index contributed by atoms with van der Waals surface area (Å²) in [5, 5.41) is 0.888. The van der Waals surface area contributed by atoms with Crippen molar-refractivity contribution in [3.8, 4) is 5.75 Å². The van der Waals surface area contributed by atoms with Gasteiger partial charge in [-0.05, 0) is 18.6 Å². The van der Waals surface area contributed by atoms with Crippen LogP contribution in [-0.2, 0) is 4.79 Å². The average Bonchev–Trinajstić information content (AvgIpc) is 2.46. The minimum Gasteiger partial charge on any atom is -0.489 e. The number of likely N-dealkylation sites (tertiary alicyclic amines) is 1. The van der Waals surface area contributed by atoms with Crippen LogP contribution >= 0.6 is 15.9 Å². The van der Waals surface area contributed by atoms with Gasteiger partial charge in [0.05, 0.1) is 6.20 Å². The summed E-state index contributed by atoms with van der Waals surface area (Å²) in [6.45, 7) is 1.60. The van der Waals surface area contributed by atoms with Gasteiger partial charge in [-0.2, -0.15) is 0 Å². The van der Waals surface area contributed by atoms with Crippen LogP contribution in [0.4, 0.5) is 0 Å². The molecule has 5 heteroatoms. The highest BCUT2D eigenvalue weighted by atomic mass is 79.9. The lowest BCUT2D eigenvalue weighted by atomic mass is 10.1. The van der Waals surface area contributed by atoms with E-state index in [0.29, 0.717) is 6.42 Å². The van der Waals surface area contributed by atoms with Crippen molar-refractivity contribution in [2.45, 2.75) is 31.8 Å². The van der Waals surface area contributed by atoms with Crippen molar-refractivity contribution in [2.75, 3.05) is 18.4 Å². The lowest BCUT2D eigenvalue weighted by Gasteiger charge is -2.32. The highest BCUT2D eigenvalue weighted by Crippen LogP contribution is 2.18. The molecule has 0 saturated carbocycles. The van der Waals surface area contributed by atoms with E-state index in [1.54, 1.807) is 12.4 Å². The number of alkyl halides is 1. The van der Waals surface area contributed by atoms with Crippen LogP contribution in [0.1, 0.15) is 25.7 Å². The van der Waals surface area contributed by atoms with Crippen molar-refractivity contribution in [2.24, 2.45) is 0 Å². The molecule has 2 rings (SSSR count). The highest BCUT2D eigenvalue weighted by molar-refractivity contribution is 9.09. The van der Waals surface area contributed by atoms with Gasteiger partial charge in [-0.3, -0.25) is 9.78 Å². The first-order valence-electron chi connectivity index (χ1n) is 6.70. The first kappa shape index (κ1) is 14.3. The molecule has 4 nitrogen and oxygen atoms in total. The van der Waals surface area contributed by atoms with Crippen LogP contribution in [0.3, 0.4) is 0 Å². The van der Waals surface area contributed by atoms with Gasteiger partial charge < -0.3 is 9.64 Å². The van der Waals surface area contributed by atoms with Gasteiger partial charge >= 0.3 is 0 Å². The molecule has 0 bridgehead atoms. The summed E-state index contributed by atoms with van der Waals surface area (Å²) in [6, 6.07) is 3.79. The standard InChI is InChI=1S/C14H19BrN2O2/c15-7-1-4-14(18)17-9-5-12(6-10-17)19-13-3-2-8-16-11-13/h2-3,8,11-12H,1,4-7,9-10H2. The van der Waals surface area contributed by atoms with Crippen molar-refractivity contribution in [3.63, 3.8) is 0 Å². The monoisotopic (exact) mass is 326 g/mol. The first-order valence-corrected chi connectivity index (χ1v) is 7.82. The van der Waals surface area contributed by atoms with Crippen LogP contribution in [0, 0.1) is 0 Å². The molecule has 0 aromatic carbocycles. The largest absolute Gasteiger partial charge is 0.489 e. The van der Waals surface area contributed by atoms with Gasteiger partial charge in [0.15, 0.2) is 0 Å². The summed E-state index contributed by atoms with van der Waals surface area (Å²) >= 11 is 3.35. The van der Waals surface area contributed by atoms with Crippen LogP contribution in [-0.4, -0.2) is 40.3 Å². The maximum absolute atomic E-state index is 11.9. The van der Waals surface area contributed by atoms with E-state index in [0.717, 1.165) is 43.4 Å². The molecule has 0 N–H and O–H groups in total. The SMILES string of the molecule is O=C(CCCBr)N1CCC(Oc2cccnc2)CC1. The van der Waals surface area contributed by atoms with Crippen LogP contribution in [0.2, 0.25) is 0 Å². The van der Waals surface area contributed by atoms with Crippen LogP contribution in [0.5, 0.6) is 5.75 Å². The number of hydrogen-bond donors (Lipinski definition) is 0. The van der Waals surface area contributed by atoms with E-state index in [9.17, 15) is 4.79 Å². The Hall–Kier alpha value is -1.10. The summed E-state index contributed by atoms with van der Waals surface area (Å²) < 4.78 is 5.86. The second-order valence-electron chi connectivity index (χ2n) is 4.68. The number of halogens is 1. The van der Waals surface area contributed by atoms with Crippen molar-refractivity contribution >= 4 is 21.8 Å². The zero-order chi connectivity index (χ0) is 13.5. The van der Waals surface area contributed by atoms with Crippen molar-refractivity contribution in [1.29, 1.82) is 0 Å². The predicted molar refractivity (Wildman–Crippen MR) is 77.5 cm³/mol. The fourth-order valence-electron chi connectivity index (χ4n) is 2.21. The number of aromatic nitrogens is 1. The molecule has 2 heterocycles. The third-order valence-electron chi connectivity index (χ3n) is 3.26. The Labute approximate surface area is 122 Å². The quantitative estimate of drug-likeness (QED) is 0.781. The Kier molecular flexibility index (Phi) is 5.63. The van der Waals surface area contributed by atoms with Crippen LogP contribution in [0.15, 0.2) is 24.5 Å². The van der Waals surface area contributed by atoms with Gasteiger partial charge in [0.1, 0.15) is 11.9 Å². The topological polar surface area (TPSA) is 42.4 Å². The summed E-state index contributed by atoms with van der Waals surface area (Å²) in [4.78, 5) is 17.9. The number of piperidine rings is 1. The summed E-state index contributed by atoms with van der Waals surface area (Å²) in [6.07, 6.45) is 7.00. The van der Waals surface area contributed by atoms with Gasteiger partial charge in [-0.25, -0.2) is 0 Å². The normalized spacial score (nSPS) is 16.4. The Morgan fingerprint density at radius 2 is 2.26 bits per heavy atom. The molecule has 0 atom stereocenters. The van der Waals surface area contributed by atoms with E-state index in [1.165, 1.54) is 0 Å². The molecule has 1 saturated heterocycles. The Bertz CT molecular complexity index is 392. The number of hydrogen-bond acceptors (Lipinski definition) is 3. The number of rotatable bonds is 5. The lowest BCUT2D eigenvalue weighted by Crippen LogP contribution is -2.41. The van der Waals surface area contributed by atoms with Gasteiger partial charge in [0, 0.05) is 43.9 Å². The Balaban J connectivity index is 1.75. The zero-order valence-electron chi connectivity index (χ0n) is 10.9. The molecular formula is C14H19BrN2O2. The molecule has 1 aromatic heterocycles. The van der Waals surface area contributed by atoms with Gasteiger partial charge in [0.2, 0.25) is 5.91 Å². The summed E-state index contributed by atoms with van der Waals surface area (Å²) in [7, 11) is 0. The number of amides is 1. The van der Waals surface area contributed by atoms with Gasteiger partial charge in [0.25, 0.3) is 0 Å². The molecule has 0 radical (unpaired) electrons. The molecule has 1 fully saturated rings. The van der Waals surface area contributed by atoms with Crippen LogP contribution < -0.4 is 4.74 Å². The smallest absolute Gasteiger partial charge is 0.222 e. The van der Waals surface area contributed by atoms with Gasteiger partial charge in [-0.1, -0.05) is 15.9 Å². The van der Waals surface area contributed by atoms with E-state index in [2.05, 4.69) is 20.9 Å². The first-order chi connectivity index (χ1) is 9.29. The van der Waals surface area contributed by atoms with E-state index in [4.69, 9.17) is 4.74 Å². The third-order valence-corrected chi connectivity index (χ3v) is 3.82. The number of carbonyl (C=O) groups is 1.